The van der Waals surface area contributed by atoms with Crippen molar-refractivity contribution >= 4 is 16.9 Å². The molecule has 0 aliphatic carbocycles. The minimum absolute atomic E-state index is 0.226. The highest BCUT2D eigenvalue weighted by molar-refractivity contribution is 5.87. The predicted octanol–water partition coefficient (Wildman–Crippen LogP) is 3.39. The van der Waals surface area contributed by atoms with Crippen molar-refractivity contribution in [3.63, 3.8) is 0 Å². The number of fused-ring (bicyclic) bond motifs is 1. The largest absolute Gasteiger partial charge is 0.496 e. The van der Waals surface area contributed by atoms with Crippen molar-refractivity contribution in [2.24, 2.45) is 0 Å². The molecule has 5 heteroatoms. The van der Waals surface area contributed by atoms with Gasteiger partial charge < -0.3 is 13.9 Å². The zero-order valence-corrected chi connectivity index (χ0v) is 12.7. The van der Waals surface area contributed by atoms with Gasteiger partial charge in [-0.2, -0.15) is 0 Å². The van der Waals surface area contributed by atoms with Gasteiger partial charge in [-0.15, -0.1) is 0 Å². The van der Waals surface area contributed by atoms with Crippen molar-refractivity contribution in [1.82, 2.24) is 0 Å². The van der Waals surface area contributed by atoms with E-state index >= 15 is 0 Å². The standard InChI is InChI=1S/C18H14O5/c1-11(19)22-13-8-16(21-2)18-14(20)10-15(23-17(18)9-13)12-6-4-3-5-7-12/h3-10H,1-2H3. The lowest BCUT2D eigenvalue weighted by Gasteiger charge is -2.09. The van der Waals surface area contributed by atoms with Gasteiger partial charge in [-0.3, -0.25) is 9.59 Å². The number of hydrogen-bond acceptors (Lipinski definition) is 5. The van der Waals surface area contributed by atoms with E-state index in [1.165, 1.54) is 32.2 Å². The fourth-order valence-corrected chi connectivity index (χ4v) is 2.36. The first-order chi connectivity index (χ1) is 11.1. The van der Waals surface area contributed by atoms with Crippen LogP contribution in [0, 0.1) is 0 Å². The fourth-order valence-electron chi connectivity index (χ4n) is 2.36. The lowest BCUT2D eigenvalue weighted by molar-refractivity contribution is -0.131. The minimum atomic E-state index is -0.465. The summed E-state index contributed by atoms with van der Waals surface area (Å²) < 4.78 is 16.1. The molecule has 2 aromatic carbocycles. The van der Waals surface area contributed by atoms with Crippen molar-refractivity contribution in [3.8, 4) is 22.8 Å². The van der Waals surface area contributed by atoms with Crippen LogP contribution in [0.3, 0.4) is 0 Å². The SMILES string of the molecule is COc1cc(OC(C)=O)cc2oc(-c3ccccc3)cc(=O)c12. The van der Waals surface area contributed by atoms with Crippen LogP contribution in [-0.4, -0.2) is 13.1 Å². The third-order valence-corrected chi connectivity index (χ3v) is 3.31. The Morgan fingerprint density at radius 3 is 2.48 bits per heavy atom. The van der Waals surface area contributed by atoms with Crippen molar-refractivity contribution in [2.45, 2.75) is 6.92 Å². The highest BCUT2D eigenvalue weighted by Gasteiger charge is 2.14. The van der Waals surface area contributed by atoms with Gasteiger partial charge in [-0.05, 0) is 0 Å². The number of carbonyl (C=O) groups excluding carboxylic acids is 1. The van der Waals surface area contributed by atoms with Crippen LogP contribution >= 0.6 is 0 Å². The Labute approximate surface area is 132 Å². The monoisotopic (exact) mass is 310 g/mol. The Bertz CT molecular complexity index is 925. The Morgan fingerprint density at radius 2 is 1.83 bits per heavy atom. The number of ether oxygens (including phenoxy) is 2. The average molecular weight is 310 g/mol. The molecule has 3 aromatic rings. The highest BCUT2D eigenvalue weighted by Crippen LogP contribution is 2.31. The Kier molecular flexibility index (Phi) is 3.85. The van der Waals surface area contributed by atoms with Crippen LogP contribution < -0.4 is 14.9 Å². The molecule has 0 unspecified atom stereocenters. The summed E-state index contributed by atoms with van der Waals surface area (Å²) in [5, 5.41) is 0.308. The van der Waals surface area contributed by atoms with E-state index < -0.39 is 5.97 Å². The summed E-state index contributed by atoms with van der Waals surface area (Å²) in [6.45, 7) is 1.30. The summed E-state index contributed by atoms with van der Waals surface area (Å²) in [4.78, 5) is 23.6. The van der Waals surface area contributed by atoms with E-state index in [4.69, 9.17) is 13.9 Å². The normalized spacial score (nSPS) is 10.5. The minimum Gasteiger partial charge on any atom is -0.496 e. The second kappa shape index (κ2) is 5.96. The number of hydrogen-bond donors (Lipinski definition) is 0. The lowest BCUT2D eigenvalue weighted by atomic mass is 10.1. The maximum atomic E-state index is 12.4. The van der Waals surface area contributed by atoms with E-state index in [9.17, 15) is 9.59 Å². The molecular formula is C18H14O5. The van der Waals surface area contributed by atoms with E-state index in [1.54, 1.807) is 0 Å². The van der Waals surface area contributed by atoms with Crippen LogP contribution in [-0.2, 0) is 4.79 Å². The molecule has 1 heterocycles. The van der Waals surface area contributed by atoms with Crippen LogP contribution in [0.4, 0.5) is 0 Å². The molecule has 3 rings (SSSR count). The number of rotatable bonds is 3. The number of carbonyl (C=O) groups is 1. The van der Waals surface area contributed by atoms with Crippen molar-refractivity contribution in [1.29, 1.82) is 0 Å². The van der Waals surface area contributed by atoms with Crippen LogP contribution in [0.25, 0.3) is 22.3 Å². The third kappa shape index (κ3) is 2.94. The quantitative estimate of drug-likeness (QED) is 0.548. The summed E-state index contributed by atoms with van der Waals surface area (Å²) in [6, 6.07) is 13.7. The molecule has 0 bridgehead atoms. The lowest BCUT2D eigenvalue weighted by Crippen LogP contribution is -2.05. The van der Waals surface area contributed by atoms with E-state index in [0.29, 0.717) is 22.5 Å². The van der Waals surface area contributed by atoms with Crippen LogP contribution in [0.1, 0.15) is 6.92 Å². The van der Waals surface area contributed by atoms with Crippen LogP contribution in [0.15, 0.2) is 57.7 Å². The molecule has 0 saturated heterocycles. The van der Waals surface area contributed by atoms with Crippen molar-refractivity contribution in [3.05, 3.63) is 58.8 Å². The second-order valence-electron chi connectivity index (χ2n) is 4.93. The Hall–Kier alpha value is -3.08. The molecule has 23 heavy (non-hydrogen) atoms. The maximum Gasteiger partial charge on any atom is 0.308 e. The molecule has 1 aromatic heterocycles. The van der Waals surface area contributed by atoms with E-state index in [-0.39, 0.29) is 11.2 Å². The highest BCUT2D eigenvalue weighted by atomic mass is 16.5. The van der Waals surface area contributed by atoms with Crippen LogP contribution in [0.5, 0.6) is 11.5 Å². The molecule has 0 fully saturated rings. The Morgan fingerprint density at radius 1 is 1.09 bits per heavy atom. The van der Waals surface area contributed by atoms with Gasteiger partial charge in [-0.25, -0.2) is 0 Å². The first kappa shape index (κ1) is 14.8. The molecule has 0 atom stereocenters. The van der Waals surface area contributed by atoms with Gasteiger partial charge in [0.05, 0.1) is 7.11 Å². The molecule has 0 aliphatic rings. The van der Waals surface area contributed by atoms with Gasteiger partial charge in [0.25, 0.3) is 0 Å². The molecular weight excluding hydrogens is 296 g/mol. The summed E-state index contributed by atoms with van der Waals surface area (Å²) in [5.41, 5.74) is 0.853. The topological polar surface area (TPSA) is 65.7 Å². The molecule has 0 radical (unpaired) electrons. The summed E-state index contributed by atoms with van der Waals surface area (Å²) in [5.74, 6) is 0.528. The van der Waals surface area contributed by atoms with Gasteiger partial charge in [-0.1, -0.05) is 30.3 Å². The zero-order valence-electron chi connectivity index (χ0n) is 12.7. The van der Waals surface area contributed by atoms with Gasteiger partial charge >= 0.3 is 5.97 Å². The molecule has 5 nitrogen and oxygen atoms in total. The average Bonchev–Trinajstić information content (AvgIpc) is 2.54. The van der Waals surface area contributed by atoms with Crippen molar-refractivity contribution < 1.29 is 18.7 Å². The molecule has 0 N–H and O–H groups in total. The van der Waals surface area contributed by atoms with E-state index in [2.05, 4.69) is 0 Å². The molecule has 0 spiro atoms. The van der Waals surface area contributed by atoms with Crippen LogP contribution in [0.2, 0.25) is 0 Å². The fraction of sp³-hybridized carbons (Fsp3) is 0.111. The molecule has 0 aliphatic heterocycles. The van der Waals surface area contributed by atoms with Gasteiger partial charge in [0.1, 0.15) is 28.2 Å². The third-order valence-electron chi connectivity index (χ3n) is 3.31. The molecule has 116 valence electrons. The first-order valence-corrected chi connectivity index (χ1v) is 6.98. The van der Waals surface area contributed by atoms with E-state index in [0.717, 1.165) is 5.56 Å². The van der Waals surface area contributed by atoms with Crippen molar-refractivity contribution in [2.75, 3.05) is 7.11 Å². The van der Waals surface area contributed by atoms with Gasteiger partial charge in [0.2, 0.25) is 0 Å². The number of benzene rings is 2. The molecule has 0 saturated carbocycles. The summed E-state index contributed by atoms with van der Waals surface area (Å²) in [7, 11) is 1.44. The maximum absolute atomic E-state index is 12.4. The van der Waals surface area contributed by atoms with Gasteiger partial charge in [0, 0.05) is 30.7 Å². The number of methoxy groups -OCH3 is 1. The second-order valence-corrected chi connectivity index (χ2v) is 4.93. The first-order valence-electron chi connectivity index (χ1n) is 6.98. The summed E-state index contributed by atoms with van der Waals surface area (Å²) >= 11 is 0. The number of esters is 1. The smallest absolute Gasteiger partial charge is 0.308 e. The summed E-state index contributed by atoms with van der Waals surface area (Å²) in [6.07, 6.45) is 0. The van der Waals surface area contributed by atoms with Gasteiger partial charge in [0.15, 0.2) is 5.43 Å². The predicted molar refractivity (Wildman–Crippen MR) is 85.8 cm³/mol. The van der Waals surface area contributed by atoms with E-state index in [1.807, 2.05) is 30.3 Å². The molecule has 0 amide bonds. The zero-order chi connectivity index (χ0) is 16.4. The Balaban J connectivity index is 2.25.